The fourth-order valence-corrected chi connectivity index (χ4v) is 3.98. The Labute approximate surface area is 183 Å². The van der Waals surface area contributed by atoms with Crippen molar-refractivity contribution in [3.63, 3.8) is 0 Å². The lowest BCUT2D eigenvalue weighted by Gasteiger charge is -2.07. The van der Waals surface area contributed by atoms with E-state index < -0.39 is 0 Å². The van der Waals surface area contributed by atoms with Gasteiger partial charge in [0.15, 0.2) is 0 Å². The molecule has 1 amide bonds. The van der Waals surface area contributed by atoms with Crippen LogP contribution in [0.2, 0.25) is 0 Å². The van der Waals surface area contributed by atoms with Crippen LogP contribution in [0.3, 0.4) is 0 Å². The Balaban J connectivity index is 1.40. The maximum atomic E-state index is 13.2. The number of unbranched alkanes of at least 4 members (excludes halogenated alkanes) is 3. The van der Waals surface area contributed by atoms with Gasteiger partial charge in [0.2, 0.25) is 4.96 Å². The highest BCUT2D eigenvalue weighted by Gasteiger charge is 2.14. The number of thiazole rings is 1. The molecular weight excluding hydrogens is 415 g/mol. The summed E-state index contributed by atoms with van der Waals surface area (Å²) < 4.78 is 20.6. The fourth-order valence-electron chi connectivity index (χ4n) is 3.15. The number of carbonyl (C=O) groups is 1. The topological polar surface area (TPSA) is 68.5 Å². The SMILES string of the molecule is CCCCCCOc1ccc(C(=O)Nc2nc3scc(-c4ccc(F)cc4)n3n2)cc1. The molecule has 0 spiro atoms. The minimum Gasteiger partial charge on any atom is -0.494 e. The lowest BCUT2D eigenvalue weighted by Crippen LogP contribution is -2.13. The number of benzene rings is 2. The summed E-state index contributed by atoms with van der Waals surface area (Å²) in [4.78, 5) is 17.6. The zero-order valence-electron chi connectivity index (χ0n) is 17.2. The van der Waals surface area contributed by atoms with Crippen molar-refractivity contribution in [1.82, 2.24) is 14.6 Å². The normalized spacial score (nSPS) is 11.0. The number of hydrogen-bond donors (Lipinski definition) is 1. The van der Waals surface area contributed by atoms with Gasteiger partial charge in [0.05, 0.1) is 12.3 Å². The Morgan fingerprint density at radius 1 is 1.10 bits per heavy atom. The minimum atomic E-state index is -0.297. The highest BCUT2D eigenvalue weighted by Crippen LogP contribution is 2.26. The second-order valence-corrected chi connectivity index (χ2v) is 7.98. The van der Waals surface area contributed by atoms with Gasteiger partial charge in [0, 0.05) is 16.5 Å². The average Bonchev–Trinajstić information content (AvgIpc) is 3.35. The summed E-state index contributed by atoms with van der Waals surface area (Å²) >= 11 is 1.40. The van der Waals surface area contributed by atoms with Gasteiger partial charge in [-0.3, -0.25) is 10.1 Å². The molecule has 0 atom stereocenters. The summed E-state index contributed by atoms with van der Waals surface area (Å²) in [6.07, 6.45) is 4.60. The van der Waals surface area contributed by atoms with Crippen molar-refractivity contribution in [1.29, 1.82) is 0 Å². The van der Waals surface area contributed by atoms with Crippen molar-refractivity contribution in [2.45, 2.75) is 32.6 Å². The molecule has 2 aromatic carbocycles. The number of nitrogens with zero attached hydrogens (tertiary/aromatic N) is 3. The number of rotatable bonds is 9. The highest BCUT2D eigenvalue weighted by atomic mass is 32.1. The third-order valence-electron chi connectivity index (χ3n) is 4.83. The van der Waals surface area contributed by atoms with Gasteiger partial charge in [-0.05, 0) is 55.0 Å². The molecule has 0 fully saturated rings. The second-order valence-electron chi connectivity index (χ2n) is 7.15. The Bertz CT molecular complexity index is 1150. The van der Waals surface area contributed by atoms with Gasteiger partial charge in [0.1, 0.15) is 11.6 Å². The first-order chi connectivity index (χ1) is 15.1. The maximum absolute atomic E-state index is 13.2. The predicted molar refractivity (Wildman–Crippen MR) is 120 cm³/mol. The molecule has 2 heterocycles. The Kier molecular flexibility index (Phi) is 6.57. The number of amides is 1. The lowest BCUT2D eigenvalue weighted by atomic mass is 10.2. The first-order valence-electron chi connectivity index (χ1n) is 10.3. The molecule has 0 aliphatic carbocycles. The fraction of sp³-hybridized carbons (Fsp3) is 0.261. The summed E-state index contributed by atoms with van der Waals surface area (Å²) in [5, 5.41) is 9.01. The third-order valence-corrected chi connectivity index (χ3v) is 5.65. The van der Waals surface area contributed by atoms with E-state index in [2.05, 4.69) is 22.3 Å². The summed E-state index contributed by atoms with van der Waals surface area (Å²) in [5.74, 6) is 0.375. The Hall–Kier alpha value is -3.26. The molecular formula is C23H23FN4O2S. The summed E-state index contributed by atoms with van der Waals surface area (Å²) in [6, 6.07) is 13.2. The molecule has 4 aromatic rings. The maximum Gasteiger partial charge on any atom is 0.258 e. The predicted octanol–water partition coefficient (Wildman–Crippen LogP) is 5.81. The summed E-state index contributed by atoms with van der Waals surface area (Å²) in [5.41, 5.74) is 2.10. The molecule has 1 N–H and O–H groups in total. The first kappa shape index (κ1) is 21.0. The molecule has 8 heteroatoms. The van der Waals surface area contributed by atoms with E-state index in [1.165, 1.54) is 36.3 Å². The molecule has 0 aliphatic heterocycles. The van der Waals surface area contributed by atoms with E-state index >= 15 is 0 Å². The average molecular weight is 439 g/mol. The number of ether oxygens (including phenoxy) is 1. The quantitative estimate of drug-likeness (QED) is 0.335. The zero-order valence-corrected chi connectivity index (χ0v) is 18.0. The number of hydrogen-bond acceptors (Lipinski definition) is 5. The van der Waals surface area contributed by atoms with Crippen LogP contribution >= 0.6 is 11.3 Å². The van der Waals surface area contributed by atoms with E-state index in [1.807, 2.05) is 5.38 Å². The minimum absolute atomic E-state index is 0.219. The number of fused-ring (bicyclic) bond motifs is 1. The van der Waals surface area contributed by atoms with Crippen molar-refractivity contribution >= 4 is 28.2 Å². The summed E-state index contributed by atoms with van der Waals surface area (Å²) in [6.45, 7) is 2.86. The van der Waals surface area contributed by atoms with E-state index in [1.54, 1.807) is 40.9 Å². The van der Waals surface area contributed by atoms with Crippen molar-refractivity contribution in [2.75, 3.05) is 11.9 Å². The molecule has 6 nitrogen and oxygen atoms in total. The van der Waals surface area contributed by atoms with Gasteiger partial charge in [-0.2, -0.15) is 4.98 Å². The highest BCUT2D eigenvalue weighted by molar-refractivity contribution is 7.15. The van der Waals surface area contributed by atoms with Crippen LogP contribution in [-0.2, 0) is 0 Å². The van der Waals surface area contributed by atoms with Crippen LogP contribution in [0.5, 0.6) is 5.75 Å². The van der Waals surface area contributed by atoms with Crippen LogP contribution in [0, 0.1) is 5.82 Å². The molecule has 0 radical (unpaired) electrons. The van der Waals surface area contributed by atoms with Gasteiger partial charge in [0.25, 0.3) is 11.9 Å². The van der Waals surface area contributed by atoms with Crippen molar-refractivity contribution in [3.8, 4) is 17.0 Å². The Morgan fingerprint density at radius 3 is 2.61 bits per heavy atom. The molecule has 0 aliphatic rings. The first-order valence-corrected chi connectivity index (χ1v) is 11.2. The van der Waals surface area contributed by atoms with E-state index in [0.29, 0.717) is 17.1 Å². The van der Waals surface area contributed by atoms with E-state index in [9.17, 15) is 9.18 Å². The Morgan fingerprint density at radius 2 is 1.87 bits per heavy atom. The van der Waals surface area contributed by atoms with Crippen molar-refractivity contribution in [2.24, 2.45) is 0 Å². The summed E-state index contributed by atoms with van der Waals surface area (Å²) in [7, 11) is 0. The lowest BCUT2D eigenvalue weighted by molar-refractivity contribution is 0.102. The second kappa shape index (κ2) is 9.70. The zero-order chi connectivity index (χ0) is 21.6. The van der Waals surface area contributed by atoms with E-state index in [4.69, 9.17) is 4.74 Å². The van der Waals surface area contributed by atoms with E-state index in [0.717, 1.165) is 29.8 Å². The molecule has 2 aromatic heterocycles. The van der Waals surface area contributed by atoms with Crippen LogP contribution in [0.25, 0.3) is 16.2 Å². The van der Waals surface area contributed by atoms with Gasteiger partial charge in [-0.25, -0.2) is 8.91 Å². The van der Waals surface area contributed by atoms with Crippen LogP contribution in [0.1, 0.15) is 43.0 Å². The van der Waals surface area contributed by atoms with E-state index in [-0.39, 0.29) is 17.7 Å². The van der Waals surface area contributed by atoms with Crippen molar-refractivity contribution < 1.29 is 13.9 Å². The third kappa shape index (κ3) is 5.08. The number of halogens is 1. The van der Waals surface area contributed by atoms with Gasteiger partial charge in [-0.15, -0.1) is 16.4 Å². The number of anilines is 1. The molecule has 160 valence electrons. The molecule has 31 heavy (non-hydrogen) atoms. The molecule has 0 saturated carbocycles. The molecule has 0 saturated heterocycles. The largest absolute Gasteiger partial charge is 0.494 e. The van der Waals surface area contributed by atoms with Gasteiger partial charge < -0.3 is 4.74 Å². The number of aromatic nitrogens is 3. The van der Waals surface area contributed by atoms with Crippen molar-refractivity contribution in [3.05, 3.63) is 65.3 Å². The molecule has 0 unspecified atom stereocenters. The number of carbonyl (C=O) groups excluding carboxylic acids is 1. The van der Waals surface area contributed by atoms with Gasteiger partial charge in [-0.1, -0.05) is 26.2 Å². The number of nitrogens with one attached hydrogen (secondary N) is 1. The monoisotopic (exact) mass is 438 g/mol. The van der Waals surface area contributed by atoms with Gasteiger partial charge >= 0.3 is 0 Å². The standard InChI is InChI=1S/C23H23FN4O2S/c1-2-3-4-5-14-30-19-12-8-17(9-13-19)21(29)25-22-26-23-28(27-22)20(15-31-23)16-6-10-18(24)11-7-16/h6-13,15H,2-5,14H2,1H3,(H,25,27,29). The van der Waals surface area contributed by atoms with Crippen LogP contribution in [0.4, 0.5) is 10.3 Å². The molecule has 0 bridgehead atoms. The smallest absolute Gasteiger partial charge is 0.258 e. The van der Waals surface area contributed by atoms with Crippen LogP contribution < -0.4 is 10.1 Å². The van der Waals surface area contributed by atoms with Crippen LogP contribution in [-0.4, -0.2) is 27.1 Å². The molecule has 4 rings (SSSR count). The van der Waals surface area contributed by atoms with Crippen LogP contribution in [0.15, 0.2) is 53.9 Å².